The maximum atomic E-state index is 10.9. The molecule has 3 amide bonds. The first kappa shape index (κ1) is 11.1. The molecule has 1 heterocycles. The van der Waals surface area contributed by atoms with Crippen LogP contribution in [0.15, 0.2) is 0 Å². The standard InChI is InChI=1S/C6H6Cl2N2O4/c7-3(8)5(12)14-1-2-4(11)10-6(13)9-2/h2-3H,1H2,(H2,9,10,11,13). The molecule has 78 valence electrons. The predicted octanol–water partition coefficient (Wildman–Crippen LogP) is -0.459. The van der Waals surface area contributed by atoms with Crippen molar-refractivity contribution in [2.24, 2.45) is 0 Å². The van der Waals surface area contributed by atoms with E-state index < -0.39 is 28.8 Å². The molecule has 2 N–H and O–H groups in total. The average Bonchev–Trinajstić information content (AvgIpc) is 2.40. The van der Waals surface area contributed by atoms with Crippen LogP contribution in [0.5, 0.6) is 0 Å². The van der Waals surface area contributed by atoms with E-state index in [1.54, 1.807) is 0 Å². The molecule has 8 heteroatoms. The first-order valence-corrected chi connectivity index (χ1v) is 4.44. The highest BCUT2D eigenvalue weighted by atomic mass is 35.5. The number of nitrogens with one attached hydrogen (secondary N) is 2. The van der Waals surface area contributed by atoms with Crippen molar-refractivity contribution in [2.45, 2.75) is 10.9 Å². The second-order valence-electron chi connectivity index (χ2n) is 2.45. The Labute approximate surface area is 88.9 Å². The monoisotopic (exact) mass is 240 g/mol. The lowest BCUT2D eigenvalue weighted by molar-refractivity contribution is -0.142. The maximum absolute atomic E-state index is 10.9. The van der Waals surface area contributed by atoms with Gasteiger partial charge in [-0.25, -0.2) is 9.59 Å². The van der Waals surface area contributed by atoms with Crippen LogP contribution in [0.2, 0.25) is 0 Å². The number of carbonyl (C=O) groups excluding carboxylic acids is 3. The van der Waals surface area contributed by atoms with Gasteiger partial charge < -0.3 is 10.1 Å². The van der Waals surface area contributed by atoms with Crippen LogP contribution >= 0.6 is 23.2 Å². The van der Waals surface area contributed by atoms with Crippen LogP contribution in [-0.2, 0) is 14.3 Å². The van der Waals surface area contributed by atoms with E-state index in [0.29, 0.717) is 0 Å². The first-order valence-electron chi connectivity index (χ1n) is 3.57. The minimum absolute atomic E-state index is 0.285. The van der Waals surface area contributed by atoms with Crippen molar-refractivity contribution >= 4 is 41.1 Å². The molecule has 1 rings (SSSR count). The topological polar surface area (TPSA) is 84.5 Å². The number of rotatable bonds is 3. The van der Waals surface area contributed by atoms with Gasteiger partial charge in [0.15, 0.2) is 0 Å². The van der Waals surface area contributed by atoms with Crippen LogP contribution in [0.4, 0.5) is 4.79 Å². The Balaban J connectivity index is 2.35. The molecular weight excluding hydrogens is 235 g/mol. The number of urea groups is 1. The summed E-state index contributed by atoms with van der Waals surface area (Å²) in [5.41, 5.74) is 0. The molecule has 1 saturated heterocycles. The molecule has 1 fully saturated rings. The molecule has 0 aliphatic carbocycles. The summed E-state index contributed by atoms with van der Waals surface area (Å²) in [6.07, 6.45) is 0. The normalized spacial score (nSPS) is 20.6. The van der Waals surface area contributed by atoms with E-state index in [4.69, 9.17) is 23.2 Å². The van der Waals surface area contributed by atoms with Crippen molar-refractivity contribution in [2.75, 3.05) is 6.61 Å². The summed E-state index contributed by atoms with van der Waals surface area (Å²) < 4.78 is 4.53. The number of carbonyl (C=O) groups is 3. The molecular formula is C6H6Cl2N2O4. The summed E-state index contributed by atoms with van der Waals surface area (Å²) in [7, 11) is 0. The third kappa shape index (κ3) is 2.74. The Morgan fingerprint density at radius 2 is 2.14 bits per heavy atom. The highest BCUT2D eigenvalue weighted by Gasteiger charge is 2.30. The van der Waals surface area contributed by atoms with Gasteiger partial charge in [-0.3, -0.25) is 10.1 Å². The Morgan fingerprint density at radius 3 is 2.57 bits per heavy atom. The fourth-order valence-corrected chi connectivity index (χ4v) is 0.931. The molecule has 1 unspecified atom stereocenters. The van der Waals surface area contributed by atoms with Crippen molar-refractivity contribution in [3.05, 3.63) is 0 Å². The SMILES string of the molecule is O=C1NC(=O)C(COC(=O)C(Cl)Cl)N1. The van der Waals surface area contributed by atoms with Crippen LogP contribution < -0.4 is 10.6 Å². The zero-order chi connectivity index (χ0) is 10.7. The summed E-state index contributed by atoms with van der Waals surface area (Å²) in [4.78, 5) is 31.0. The van der Waals surface area contributed by atoms with E-state index in [2.05, 4.69) is 10.1 Å². The van der Waals surface area contributed by atoms with Crippen LogP contribution in [0.3, 0.4) is 0 Å². The third-order valence-electron chi connectivity index (χ3n) is 1.43. The van der Waals surface area contributed by atoms with Gasteiger partial charge in [0.25, 0.3) is 5.91 Å². The highest BCUT2D eigenvalue weighted by Crippen LogP contribution is 2.04. The van der Waals surface area contributed by atoms with E-state index in [0.717, 1.165) is 0 Å². The molecule has 0 bridgehead atoms. The molecule has 0 aromatic heterocycles. The zero-order valence-corrected chi connectivity index (χ0v) is 8.26. The molecule has 1 atom stereocenters. The molecule has 6 nitrogen and oxygen atoms in total. The van der Waals surface area contributed by atoms with Crippen LogP contribution in [-0.4, -0.2) is 35.4 Å². The zero-order valence-electron chi connectivity index (χ0n) is 6.75. The molecule has 14 heavy (non-hydrogen) atoms. The quantitative estimate of drug-likeness (QED) is 0.398. The van der Waals surface area contributed by atoms with Crippen LogP contribution in [0.25, 0.3) is 0 Å². The third-order valence-corrected chi connectivity index (χ3v) is 1.79. The first-order chi connectivity index (χ1) is 6.50. The lowest BCUT2D eigenvalue weighted by atomic mass is 10.3. The molecule has 0 saturated carbocycles. The summed E-state index contributed by atoms with van der Waals surface area (Å²) in [6.45, 7) is -0.285. The summed E-state index contributed by atoms with van der Waals surface area (Å²) in [5.74, 6) is -1.41. The van der Waals surface area contributed by atoms with E-state index in [9.17, 15) is 14.4 Å². The molecule has 0 aromatic rings. The second kappa shape index (κ2) is 4.47. The number of hydrogen-bond donors (Lipinski definition) is 2. The van der Waals surface area contributed by atoms with E-state index in [1.165, 1.54) is 0 Å². The van der Waals surface area contributed by atoms with Crippen molar-refractivity contribution in [1.82, 2.24) is 10.6 Å². The number of hydrogen-bond acceptors (Lipinski definition) is 4. The number of imide groups is 1. The number of amides is 3. The summed E-state index contributed by atoms with van der Waals surface area (Å²) in [5, 5.41) is 4.21. The van der Waals surface area contributed by atoms with E-state index in [1.807, 2.05) is 5.32 Å². The van der Waals surface area contributed by atoms with Gasteiger partial charge in [-0.05, 0) is 0 Å². The van der Waals surface area contributed by atoms with Gasteiger partial charge in [-0.15, -0.1) is 0 Å². The summed E-state index contributed by atoms with van der Waals surface area (Å²) in [6, 6.07) is -1.50. The van der Waals surface area contributed by atoms with Crippen LogP contribution in [0, 0.1) is 0 Å². The van der Waals surface area contributed by atoms with Gasteiger partial charge >= 0.3 is 12.0 Å². The molecule has 1 aliphatic heterocycles. The Kier molecular flexibility index (Phi) is 3.54. The van der Waals surface area contributed by atoms with Crippen molar-refractivity contribution in [1.29, 1.82) is 0 Å². The second-order valence-corrected chi connectivity index (χ2v) is 3.54. The highest BCUT2D eigenvalue weighted by molar-refractivity contribution is 6.52. The smallest absolute Gasteiger partial charge is 0.339 e. The minimum Gasteiger partial charge on any atom is -0.461 e. The van der Waals surface area contributed by atoms with Crippen molar-refractivity contribution in [3.8, 4) is 0 Å². The van der Waals surface area contributed by atoms with E-state index >= 15 is 0 Å². The molecule has 1 aliphatic rings. The maximum Gasteiger partial charge on any atom is 0.339 e. The molecule has 0 aromatic carbocycles. The largest absolute Gasteiger partial charge is 0.461 e. The number of alkyl halides is 2. The van der Waals surface area contributed by atoms with Gasteiger partial charge in [0.1, 0.15) is 12.6 Å². The fourth-order valence-electron chi connectivity index (χ4n) is 0.805. The lowest BCUT2D eigenvalue weighted by Crippen LogP contribution is -2.35. The van der Waals surface area contributed by atoms with Crippen molar-refractivity contribution in [3.63, 3.8) is 0 Å². The Morgan fingerprint density at radius 1 is 1.50 bits per heavy atom. The van der Waals surface area contributed by atoms with Gasteiger partial charge in [0, 0.05) is 0 Å². The average molecular weight is 241 g/mol. The van der Waals surface area contributed by atoms with Gasteiger partial charge in [0.05, 0.1) is 0 Å². The lowest BCUT2D eigenvalue weighted by Gasteiger charge is -2.08. The number of esters is 1. The van der Waals surface area contributed by atoms with E-state index in [-0.39, 0.29) is 6.61 Å². The Hall–Kier alpha value is -1.01. The van der Waals surface area contributed by atoms with Gasteiger partial charge in [-0.1, -0.05) is 23.2 Å². The van der Waals surface area contributed by atoms with Gasteiger partial charge in [0.2, 0.25) is 4.84 Å². The fraction of sp³-hybridized carbons (Fsp3) is 0.500. The number of ether oxygens (including phenoxy) is 1. The number of halogens is 2. The molecule has 0 spiro atoms. The van der Waals surface area contributed by atoms with Crippen molar-refractivity contribution < 1.29 is 19.1 Å². The Bertz CT molecular complexity index is 281. The van der Waals surface area contributed by atoms with Gasteiger partial charge in [-0.2, -0.15) is 0 Å². The molecule has 0 radical (unpaired) electrons. The van der Waals surface area contributed by atoms with Crippen LogP contribution in [0.1, 0.15) is 0 Å². The predicted molar refractivity (Wildman–Crippen MR) is 46.9 cm³/mol. The minimum atomic E-state index is -1.30. The summed E-state index contributed by atoms with van der Waals surface area (Å²) >= 11 is 10.4.